The molecule has 196 valence electrons. The molecule has 0 spiro atoms. The summed E-state index contributed by atoms with van der Waals surface area (Å²) < 4.78 is 75.8. The average Bonchev–Trinajstić information content (AvgIpc) is 3.44. The van der Waals surface area contributed by atoms with Crippen molar-refractivity contribution in [3.63, 3.8) is 0 Å². The fraction of sp³-hybridized carbons (Fsp3) is 0.375. The highest BCUT2D eigenvalue weighted by Gasteiger charge is 2.37. The minimum Gasteiger partial charge on any atom is -0.439 e. The minimum atomic E-state index is -4.48. The maximum Gasteiger partial charge on any atom is 0.417 e. The third-order valence-electron chi connectivity index (χ3n) is 6.36. The Morgan fingerprint density at radius 1 is 1.05 bits per heavy atom. The first-order chi connectivity index (χ1) is 17.6. The molecule has 1 aromatic carbocycles. The third-order valence-corrected chi connectivity index (χ3v) is 8.66. The third kappa shape index (κ3) is 5.38. The lowest BCUT2D eigenvalue weighted by Gasteiger charge is -2.35. The van der Waals surface area contributed by atoms with Crippen molar-refractivity contribution in [2.45, 2.75) is 17.8 Å². The minimum absolute atomic E-state index is 0.00807. The summed E-state index contributed by atoms with van der Waals surface area (Å²) >= 11 is 0. The number of ether oxygens (including phenoxy) is 2. The molecule has 4 heterocycles. The van der Waals surface area contributed by atoms with E-state index in [1.54, 1.807) is 35.2 Å². The number of carbonyl (C=O) groups excluding carboxylic acids is 1. The highest BCUT2D eigenvalue weighted by Crippen LogP contribution is 2.30. The lowest BCUT2D eigenvalue weighted by atomic mass is 10.2. The van der Waals surface area contributed by atoms with E-state index in [0.29, 0.717) is 35.9 Å². The molecule has 1 amide bonds. The molecule has 13 heteroatoms. The van der Waals surface area contributed by atoms with Crippen LogP contribution in [0.2, 0.25) is 0 Å². The number of hydrogen-bond acceptors (Lipinski definition) is 7. The fourth-order valence-corrected chi connectivity index (χ4v) is 6.04. The summed E-state index contributed by atoms with van der Waals surface area (Å²) in [7, 11) is -3.45. The van der Waals surface area contributed by atoms with Crippen LogP contribution in [0.1, 0.15) is 22.5 Å². The number of aromatic nitrogens is 2. The predicted octanol–water partition coefficient (Wildman–Crippen LogP) is 3.32. The Kier molecular flexibility index (Phi) is 6.77. The molecule has 2 aliphatic heterocycles. The first kappa shape index (κ1) is 25.4. The van der Waals surface area contributed by atoms with E-state index in [9.17, 15) is 26.4 Å². The van der Waals surface area contributed by atoms with E-state index in [4.69, 9.17) is 9.47 Å². The van der Waals surface area contributed by atoms with E-state index in [0.717, 1.165) is 12.1 Å². The Morgan fingerprint density at radius 3 is 2.49 bits per heavy atom. The number of amides is 1. The van der Waals surface area contributed by atoms with Gasteiger partial charge < -0.3 is 14.4 Å². The summed E-state index contributed by atoms with van der Waals surface area (Å²) in [5.74, 6) is 0.0665. The molecule has 3 aromatic rings. The van der Waals surface area contributed by atoms with E-state index in [-0.39, 0.29) is 50.3 Å². The summed E-state index contributed by atoms with van der Waals surface area (Å²) in [6, 6.07) is 10.2. The zero-order valence-electron chi connectivity index (χ0n) is 19.5. The number of sulfonamides is 1. The van der Waals surface area contributed by atoms with Gasteiger partial charge >= 0.3 is 6.18 Å². The zero-order chi connectivity index (χ0) is 26.2. The number of halogens is 3. The molecular formula is C24H23F3N4O5S. The van der Waals surface area contributed by atoms with Gasteiger partial charge in [0.2, 0.25) is 15.9 Å². The van der Waals surface area contributed by atoms with Crippen LogP contribution in [0.25, 0.3) is 10.9 Å². The molecule has 0 bridgehead atoms. The van der Waals surface area contributed by atoms with Crippen LogP contribution in [0.15, 0.2) is 48.7 Å². The number of alkyl halides is 3. The Morgan fingerprint density at radius 2 is 1.84 bits per heavy atom. The van der Waals surface area contributed by atoms with Crippen molar-refractivity contribution in [1.29, 1.82) is 0 Å². The summed E-state index contributed by atoms with van der Waals surface area (Å²) in [4.78, 5) is 22.7. The van der Waals surface area contributed by atoms with Crippen LogP contribution in [0.3, 0.4) is 0 Å². The monoisotopic (exact) mass is 536 g/mol. The van der Waals surface area contributed by atoms with Crippen LogP contribution >= 0.6 is 0 Å². The van der Waals surface area contributed by atoms with Crippen molar-refractivity contribution in [2.75, 3.05) is 39.4 Å². The number of pyridine rings is 2. The molecule has 1 unspecified atom stereocenters. The normalized spacial score (nSPS) is 19.3. The second-order valence-corrected chi connectivity index (χ2v) is 11.0. The summed E-state index contributed by atoms with van der Waals surface area (Å²) in [6.07, 6.45) is -3.30. The van der Waals surface area contributed by atoms with Gasteiger partial charge in [0.15, 0.2) is 0 Å². The van der Waals surface area contributed by atoms with Gasteiger partial charge in [-0.15, -0.1) is 0 Å². The van der Waals surface area contributed by atoms with Crippen molar-refractivity contribution >= 4 is 26.8 Å². The second-order valence-electron chi connectivity index (χ2n) is 8.76. The van der Waals surface area contributed by atoms with Crippen LogP contribution in [0, 0.1) is 0 Å². The fourth-order valence-electron chi connectivity index (χ4n) is 4.28. The van der Waals surface area contributed by atoms with Crippen LogP contribution in [-0.4, -0.2) is 78.1 Å². The van der Waals surface area contributed by atoms with Crippen molar-refractivity contribution in [3.8, 4) is 11.6 Å². The van der Waals surface area contributed by atoms with Gasteiger partial charge in [-0.1, -0.05) is 6.07 Å². The highest BCUT2D eigenvalue weighted by atomic mass is 32.2. The van der Waals surface area contributed by atoms with Gasteiger partial charge in [-0.25, -0.2) is 18.4 Å². The number of piperazine rings is 1. The van der Waals surface area contributed by atoms with Gasteiger partial charge in [0.25, 0.3) is 5.91 Å². The highest BCUT2D eigenvalue weighted by molar-refractivity contribution is 7.89. The Balaban J connectivity index is 1.23. The number of hydrogen-bond donors (Lipinski definition) is 0. The van der Waals surface area contributed by atoms with Crippen molar-refractivity contribution < 1.29 is 35.9 Å². The molecule has 0 saturated carbocycles. The quantitative estimate of drug-likeness (QED) is 0.493. The van der Waals surface area contributed by atoms with Gasteiger partial charge in [-0.2, -0.15) is 17.5 Å². The number of carbonyl (C=O) groups is 1. The van der Waals surface area contributed by atoms with Crippen molar-refractivity contribution in [1.82, 2.24) is 19.2 Å². The lowest BCUT2D eigenvalue weighted by Crippen LogP contribution is -2.52. The molecule has 2 fully saturated rings. The molecule has 0 N–H and O–H groups in total. The zero-order valence-corrected chi connectivity index (χ0v) is 20.3. The molecule has 2 saturated heterocycles. The topological polar surface area (TPSA) is 102 Å². The molecular weight excluding hydrogens is 513 g/mol. The SMILES string of the molecule is O=C(c1ccc2cc(Oc3ccc(C(F)(F)F)cn3)ccc2n1)N1CCN(S(=O)(=O)C2CCOC2)CC1. The maximum atomic E-state index is 13.0. The van der Waals surface area contributed by atoms with E-state index in [2.05, 4.69) is 9.97 Å². The summed E-state index contributed by atoms with van der Waals surface area (Å²) in [6.45, 7) is 1.61. The molecule has 1 atom stereocenters. The van der Waals surface area contributed by atoms with E-state index >= 15 is 0 Å². The van der Waals surface area contributed by atoms with Crippen LogP contribution < -0.4 is 4.74 Å². The summed E-state index contributed by atoms with van der Waals surface area (Å²) in [5.41, 5.74) is -0.113. The van der Waals surface area contributed by atoms with E-state index in [1.165, 1.54) is 4.31 Å². The number of fused-ring (bicyclic) bond motifs is 1. The molecule has 0 radical (unpaired) electrons. The van der Waals surface area contributed by atoms with Gasteiger partial charge in [-0.05, 0) is 36.8 Å². The smallest absolute Gasteiger partial charge is 0.417 e. The van der Waals surface area contributed by atoms with E-state index in [1.807, 2.05) is 0 Å². The first-order valence-electron chi connectivity index (χ1n) is 11.6. The molecule has 9 nitrogen and oxygen atoms in total. The second kappa shape index (κ2) is 9.88. The molecule has 2 aliphatic rings. The lowest BCUT2D eigenvalue weighted by molar-refractivity contribution is -0.137. The Labute approximate surface area is 210 Å². The van der Waals surface area contributed by atoms with Crippen LogP contribution in [0.4, 0.5) is 13.2 Å². The summed E-state index contributed by atoms with van der Waals surface area (Å²) in [5, 5.41) is 0.136. The van der Waals surface area contributed by atoms with Crippen molar-refractivity contribution in [3.05, 3.63) is 59.9 Å². The molecule has 0 aliphatic carbocycles. The predicted molar refractivity (Wildman–Crippen MR) is 127 cm³/mol. The first-order valence-corrected chi connectivity index (χ1v) is 13.1. The van der Waals surface area contributed by atoms with Gasteiger partial charge in [-0.3, -0.25) is 4.79 Å². The van der Waals surface area contributed by atoms with Crippen LogP contribution in [0.5, 0.6) is 11.6 Å². The molecule has 37 heavy (non-hydrogen) atoms. The Hall–Kier alpha value is -3.29. The largest absolute Gasteiger partial charge is 0.439 e. The molecule has 2 aromatic heterocycles. The number of rotatable bonds is 5. The van der Waals surface area contributed by atoms with Crippen molar-refractivity contribution in [2.24, 2.45) is 0 Å². The van der Waals surface area contributed by atoms with Crippen LogP contribution in [-0.2, 0) is 20.9 Å². The maximum absolute atomic E-state index is 13.0. The Bertz CT molecular complexity index is 1400. The van der Waals surface area contributed by atoms with E-state index < -0.39 is 27.0 Å². The van der Waals surface area contributed by atoms with Gasteiger partial charge in [0.1, 0.15) is 16.7 Å². The standard InChI is InChI=1S/C24H23F3N4O5S/c25-24(26,27)17-2-6-22(28-14-17)36-18-3-5-20-16(13-18)1-4-21(29-20)23(32)30-8-10-31(11-9-30)37(33,34)19-7-12-35-15-19/h1-6,13-14,19H,7-12,15H2. The van der Waals surface area contributed by atoms with Gasteiger partial charge in [0.05, 0.1) is 17.7 Å². The average molecular weight is 537 g/mol. The molecule has 5 rings (SSSR count). The number of nitrogens with zero attached hydrogens (tertiary/aromatic N) is 4. The number of benzene rings is 1. The van der Waals surface area contributed by atoms with Gasteiger partial charge in [0, 0.05) is 50.4 Å².